The number of rotatable bonds is 50. The van der Waals surface area contributed by atoms with Crippen LogP contribution in [-0.4, -0.2) is 62.7 Å². The van der Waals surface area contributed by atoms with E-state index < -0.39 is 16.1 Å². The van der Waals surface area contributed by atoms with E-state index in [9.17, 15) is 9.59 Å². The summed E-state index contributed by atoms with van der Waals surface area (Å²) in [6, 6.07) is 15.4. The number of unbranched alkanes of at least 4 members (excludes halogenated alkanes) is 29. The minimum absolute atomic E-state index is 0.0774. The fraction of sp³-hybridized carbons (Fsp3) is 0.671. The van der Waals surface area contributed by atoms with Gasteiger partial charge in [0, 0.05) is 57.0 Å². The van der Waals surface area contributed by atoms with Crippen molar-refractivity contribution in [1.82, 2.24) is 9.80 Å². The van der Waals surface area contributed by atoms with Crippen molar-refractivity contribution in [1.29, 1.82) is 0 Å². The Kier molecular flexibility index (Phi) is 30.3. The lowest BCUT2D eigenvalue weighted by Gasteiger charge is -2.35. The predicted octanol–water partition coefficient (Wildman–Crippen LogP) is 26.6. The van der Waals surface area contributed by atoms with Gasteiger partial charge in [0.25, 0.3) is 23.6 Å². The lowest BCUT2D eigenvalue weighted by molar-refractivity contribution is 0.0636. The molecule has 10 rings (SSSR count). The van der Waals surface area contributed by atoms with Crippen LogP contribution in [0.15, 0.2) is 24.3 Å². The van der Waals surface area contributed by atoms with Crippen molar-refractivity contribution < 1.29 is 19.2 Å². The minimum atomic E-state index is -2.61. The summed E-state index contributed by atoms with van der Waals surface area (Å²) in [5, 5.41) is 6.44. The maximum absolute atomic E-state index is 15.8. The molecule has 0 bridgehead atoms. The third kappa shape index (κ3) is 17.6. The van der Waals surface area contributed by atoms with Crippen LogP contribution in [0.4, 0.5) is 0 Å². The van der Waals surface area contributed by atoms with Crippen molar-refractivity contribution >= 4 is 129 Å². The molecule has 0 fully saturated rings. The molecule has 0 spiro atoms. The maximum atomic E-state index is 15.8. The largest absolute Gasteiger partial charge is 0.274 e. The number of fused-ring (bicyclic) bond motifs is 8. The quantitative estimate of drug-likeness (QED) is 0.0217. The molecule has 0 aliphatic carbocycles. The second-order valence-electron chi connectivity index (χ2n) is 30.9. The number of thiophene rings is 6. The van der Waals surface area contributed by atoms with Crippen molar-refractivity contribution in [3.63, 3.8) is 0 Å². The highest BCUT2D eigenvalue weighted by atomic mass is 32.1. The fourth-order valence-electron chi connectivity index (χ4n) is 17.7. The van der Waals surface area contributed by atoms with Crippen molar-refractivity contribution in [2.24, 2.45) is 11.8 Å². The van der Waals surface area contributed by atoms with Crippen LogP contribution < -0.4 is 20.7 Å². The molecule has 6 aromatic heterocycles. The van der Waals surface area contributed by atoms with Gasteiger partial charge >= 0.3 is 0 Å². The van der Waals surface area contributed by atoms with Crippen molar-refractivity contribution in [2.75, 3.05) is 13.1 Å². The number of nitrogens with zero attached hydrogens (tertiary/aromatic N) is 2. The second-order valence-corrected chi connectivity index (χ2v) is 45.8. The Morgan fingerprint density at radius 2 is 0.616 bits per heavy atom. The van der Waals surface area contributed by atoms with Gasteiger partial charge in [0.2, 0.25) is 0 Å². The summed E-state index contributed by atoms with van der Waals surface area (Å²) in [6.07, 6.45) is 48.0. The second kappa shape index (κ2) is 38.3. The first-order chi connectivity index (χ1) is 48.3. The Hall–Kier alpha value is -3.09. The van der Waals surface area contributed by atoms with E-state index in [-0.39, 0.29) is 23.6 Å². The summed E-state index contributed by atoms with van der Waals surface area (Å²) in [5.41, 5.74) is 2.62. The molecule has 14 heteroatoms. The van der Waals surface area contributed by atoms with Crippen molar-refractivity contribution in [3.05, 3.63) is 56.3 Å². The van der Waals surface area contributed by atoms with Crippen molar-refractivity contribution in [2.45, 2.75) is 344 Å². The first-order valence-corrected chi connectivity index (χ1v) is 50.6. The molecule has 99 heavy (non-hydrogen) atoms. The van der Waals surface area contributed by atoms with Gasteiger partial charge in [-0.15, -0.1) is 68.0 Å². The molecule has 3 atom stereocenters. The number of carbonyl (C=O) groups is 4. The summed E-state index contributed by atoms with van der Waals surface area (Å²) in [6.45, 7) is 24.1. The average Bonchev–Trinajstić information content (AvgIpc) is 1.54. The third-order valence-electron chi connectivity index (χ3n) is 23.5. The molecule has 4 aliphatic rings. The predicted molar refractivity (Wildman–Crippen MR) is 443 cm³/mol. The van der Waals surface area contributed by atoms with E-state index in [4.69, 9.17) is 0 Å². The topological polar surface area (TPSA) is 74.8 Å². The van der Waals surface area contributed by atoms with E-state index in [1.54, 1.807) is 53.2 Å². The molecule has 0 saturated heterocycles. The molecule has 6 aromatic rings. The normalized spacial score (nSPS) is 17.4. The summed E-state index contributed by atoms with van der Waals surface area (Å²) < 4.78 is 0. The standard InChI is InChI=1S/C85H126N2O4S6Si2/c1-11-19-25-29-32-34-36-38-40-44-50-86-82(88)71-61(10)93-75(72(71)83(86)89)64-56-69-80(94-64)81-70(99(69,58-62(17-7)48-23-15-5)59-63(18-8)49-24-16-6)57-66(96-81)77-74-73(84(90)87(85(74)91)51-45-41-39-37-35-33-30-26-20-12-2)76(97-77)65-55-68-79(95-65)78-67(54-60(9)92-78)98(68,52-46-42-28-22-14-4)53-47-43-31-27-21-13-3/h54-57,62-63H,11-53,58-59H2,1-10H3. The number of amides is 4. The zero-order valence-electron chi connectivity index (χ0n) is 63.3. The van der Waals surface area contributed by atoms with E-state index in [1.807, 2.05) is 45.3 Å². The molecule has 0 aromatic carbocycles. The van der Waals surface area contributed by atoms with Crippen LogP contribution >= 0.6 is 68.0 Å². The van der Waals surface area contributed by atoms with E-state index in [0.29, 0.717) is 47.2 Å². The van der Waals surface area contributed by atoms with Crippen LogP contribution in [-0.2, 0) is 0 Å². The molecule has 3 unspecified atom stereocenters. The molecular weight excluding hydrogens is 1360 g/mol. The SMILES string of the molecule is CCCCCCCCCCCCN1C(=O)c2c(C)sc(-c3cc4c(s3)-c3sc(-c5sc(-c6cc7c(s6)-c6sc(C)cc6[Si]7(CCCCCCC)CCCCCCCC)c6c5C(=O)N(CCCCCCCCCCCC)C6=O)cc3[Si]4(CC(CC)CCCC)CC(CC)CCCC)c2C1=O. The molecule has 0 radical (unpaired) electrons. The fourth-order valence-corrected chi connectivity index (χ4v) is 40.2. The molecule has 6 nitrogen and oxygen atoms in total. The Morgan fingerprint density at radius 1 is 0.313 bits per heavy atom. The van der Waals surface area contributed by atoms with Gasteiger partial charge in [-0.2, -0.15) is 0 Å². The van der Waals surface area contributed by atoms with Gasteiger partial charge in [0.05, 0.1) is 36.9 Å². The molecule has 0 saturated carbocycles. The van der Waals surface area contributed by atoms with Gasteiger partial charge < -0.3 is 0 Å². The average molecular weight is 1490 g/mol. The highest BCUT2D eigenvalue weighted by Gasteiger charge is 2.53. The molecule has 4 amide bonds. The highest BCUT2D eigenvalue weighted by molar-refractivity contribution is 7.35. The monoisotopic (exact) mass is 1490 g/mol. The molecular formula is C85H126N2O4S6Si2. The Balaban J connectivity index is 1.07. The van der Waals surface area contributed by atoms with Crippen LogP contribution in [0.2, 0.25) is 24.2 Å². The van der Waals surface area contributed by atoms with E-state index in [2.05, 4.69) is 93.5 Å². The van der Waals surface area contributed by atoms with Gasteiger partial charge in [0.15, 0.2) is 0 Å². The van der Waals surface area contributed by atoms with E-state index in [1.165, 1.54) is 252 Å². The summed E-state index contributed by atoms with van der Waals surface area (Å²) in [4.78, 5) is 78.8. The maximum Gasteiger partial charge on any atom is 0.263 e. The number of aryl methyl sites for hydroxylation is 2. The van der Waals surface area contributed by atoms with Crippen LogP contribution in [0.3, 0.4) is 0 Å². The van der Waals surface area contributed by atoms with Gasteiger partial charge in [-0.05, 0) is 108 Å². The Labute approximate surface area is 626 Å². The van der Waals surface area contributed by atoms with Crippen LogP contribution in [0, 0.1) is 25.7 Å². The summed E-state index contributed by atoms with van der Waals surface area (Å²) in [5.74, 6) is 0.794. The van der Waals surface area contributed by atoms with Crippen LogP contribution in [0.5, 0.6) is 0 Å². The lowest BCUT2D eigenvalue weighted by atomic mass is 10.0. The van der Waals surface area contributed by atoms with Crippen molar-refractivity contribution in [3.8, 4) is 48.8 Å². The molecule has 0 N–H and O–H groups in total. The number of carbonyl (C=O) groups excluding carboxylic acids is 4. The minimum Gasteiger partial charge on any atom is -0.274 e. The van der Waals surface area contributed by atoms with Gasteiger partial charge in [-0.25, -0.2) is 0 Å². The van der Waals surface area contributed by atoms with E-state index in [0.717, 1.165) is 80.6 Å². The lowest BCUT2D eigenvalue weighted by Crippen LogP contribution is -2.56. The number of imide groups is 2. The third-order valence-corrected chi connectivity index (χ3v) is 42.5. The highest BCUT2D eigenvalue weighted by Crippen LogP contribution is 2.56. The van der Waals surface area contributed by atoms with Crippen LogP contribution in [0.1, 0.15) is 357 Å². The zero-order valence-corrected chi connectivity index (χ0v) is 70.2. The first kappa shape index (κ1) is 78.5. The first-order valence-electron chi connectivity index (χ1n) is 40.9. The van der Waals surface area contributed by atoms with Gasteiger partial charge in [0.1, 0.15) is 16.1 Å². The zero-order chi connectivity index (χ0) is 70.1. The summed E-state index contributed by atoms with van der Waals surface area (Å²) >= 11 is 11.2. The van der Waals surface area contributed by atoms with Gasteiger partial charge in [-0.3, -0.25) is 29.0 Å². The number of hydrogen-bond donors (Lipinski definition) is 0. The van der Waals surface area contributed by atoms with Gasteiger partial charge in [-0.1, -0.05) is 293 Å². The molecule has 10 heterocycles. The summed E-state index contributed by atoms with van der Waals surface area (Å²) in [7, 11) is -4.79. The molecule has 4 aliphatic heterocycles. The van der Waals surface area contributed by atoms with E-state index >= 15 is 9.59 Å². The Morgan fingerprint density at radius 3 is 0.990 bits per heavy atom. The molecule has 544 valence electrons. The smallest absolute Gasteiger partial charge is 0.263 e. The Bertz CT molecular complexity index is 3590. The van der Waals surface area contributed by atoms with Crippen LogP contribution in [0.25, 0.3) is 48.8 Å². The number of hydrogen-bond acceptors (Lipinski definition) is 10.